The summed E-state index contributed by atoms with van der Waals surface area (Å²) >= 11 is 0. The van der Waals surface area contributed by atoms with Gasteiger partial charge in [-0.05, 0) is 30.9 Å². The number of Topliss-reactive ketones (excluding diaryl/α,β-unsaturated/α-hetero) is 1. The van der Waals surface area contributed by atoms with Crippen LogP contribution in [-0.4, -0.2) is 18.5 Å². The van der Waals surface area contributed by atoms with Gasteiger partial charge in [0.25, 0.3) is 0 Å². The predicted molar refractivity (Wildman–Crippen MR) is 70.3 cm³/mol. The second-order valence-corrected chi connectivity index (χ2v) is 4.97. The zero-order valence-electron chi connectivity index (χ0n) is 11.2. The number of hydrogen-bond donors (Lipinski definition) is 0. The number of ketones is 1. The molecule has 0 fully saturated rings. The van der Waals surface area contributed by atoms with Crippen LogP contribution in [0.2, 0.25) is 0 Å². The Morgan fingerprint density at radius 1 is 1.12 bits per heavy atom. The van der Waals surface area contributed by atoms with Gasteiger partial charge in [-0.15, -0.1) is 0 Å². The molecule has 94 valence electrons. The maximum atomic E-state index is 11.6. The smallest absolute Gasteiger partial charge is 0.162 e. The fourth-order valence-corrected chi connectivity index (χ4v) is 1.56. The summed E-state index contributed by atoms with van der Waals surface area (Å²) in [5.74, 6) is 0.667. The van der Waals surface area contributed by atoms with Gasteiger partial charge in [0.05, 0.1) is 6.10 Å². The molecule has 0 radical (unpaired) electrons. The number of carbonyl (C=O) groups is 1. The van der Waals surface area contributed by atoms with Crippen LogP contribution < -0.4 is 0 Å². The highest BCUT2D eigenvalue weighted by molar-refractivity contribution is 5.82. The van der Waals surface area contributed by atoms with Gasteiger partial charge in [0.2, 0.25) is 0 Å². The van der Waals surface area contributed by atoms with E-state index >= 15 is 0 Å². The van der Waals surface area contributed by atoms with E-state index in [1.807, 2.05) is 26.0 Å². The summed E-state index contributed by atoms with van der Waals surface area (Å²) < 4.78 is 5.29. The Hall–Kier alpha value is -1.15. The van der Waals surface area contributed by atoms with E-state index < -0.39 is 0 Å². The molecule has 2 heteroatoms. The van der Waals surface area contributed by atoms with Crippen LogP contribution in [0.3, 0.4) is 0 Å². The zero-order chi connectivity index (χ0) is 12.8. The van der Waals surface area contributed by atoms with Gasteiger partial charge < -0.3 is 4.74 Å². The predicted octanol–water partition coefficient (Wildman–Crippen LogP) is 3.35. The molecule has 0 bridgehead atoms. The molecular formula is C15H22O2. The maximum absolute atomic E-state index is 11.6. The third-order valence-electron chi connectivity index (χ3n) is 2.63. The Kier molecular flexibility index (Phi) is 5.36. The third kappa shape index (κ3) is 5.14. The second kappa shape index (κ2) is 6.55. The van der Waals surface area contributed by atoms with E-state index in [0.29, 0.717) is 12.3 Å². The van der Waals surface area contributed by atoms with Crippen molar-refractivity contribution in [1.29, 1.82) is 0 Å². The van der Waals surface area contributed by atoms with Crippen molar-refractivity contribution in [3.8, 4) is 0 Å². The van der Waals surface area contributed by atoms with Crippen LogP contribution in [0.15, 0.2) is 24.3 Å². The molecule has 0 amide bonds. The minimum atomic E-state index is 0.113. The van der Waals surface area contributed by atoms with E-state index in [-0.39, 0.29) is 18.5 Å². The molecule has 0 heterocycles. The van der Waals surface area contributed by atoms with Crippen LogP contribution >= 0.6 is 0 Å². The topological polar surface area (TPSA) is 26.3 Å². The molecule has 0 aliphatic carbocycles. The third-order valence-corrected chi connectivity index (χ3v) is 2.63. The first-order chi connectivity index (χ1) is 7.99. The van der Waals surface area contributed by atoms with E-state index in [0.717, 1.165) is 5.56 Å². The van der Waals surface area contributed by atoms with E-state index in [9.17, 15) is 4.79 Å². The fraction of sp³-hybridized carbons (Fsp3) is 0.533. The van der Waals surface area contributed by atoms with Gasteiger partial charge in [-0.25, -0.2) is 0 Å². The highest BCUT2D eigenvalue weighted by Gasteiger charge is 2.06. The molecule has 17 heavy (non-hydrogen) atoms. The first-order valence-electron chi connectivity index (χ1n) is 6.21. The first-order valence-corrected chi connectivity index (χ1v) is 6.21. The molecule has 1 aromatic rings. The SMILES string of the molecule is CC(C)OCC(=O)Cc1ccc(C(C)C)cc1. The van der Waals surface area contributed by atoms with Crippen LogP contribution in [0.1, 0.15) is 44.7 Å². The van der Waals surface area contributed by atoms with Gasteiger partial charge in [-0.2, -0.15) is 0 Å². The van der Waals surface area contributed by atoms with Gasteiger partial charge in [-0.1, -0.05) is 38.1 Å². The van der Waals surface area contributed by atoms with E-state index in [1.165, 1.54) is 5.56 Å². The molecule has 1 aromatic carbocycles. The Morgan fingerprint density at radius 2 is 1.71 bits per heavy atom. The Morgan fingerprint density at radius 3 is 2.18 bits per heavy atom. The largest absolute Gasteiger partial charge is 0.371 e. The Bertz CT molecular complexity index is 350. The number of hydrogen-bond acceptors (Lipinski definition) is 2. The molecule has 0 aliphatic rings. The molecule has 0 atom stereocenters. The van der Waals surface area contributed by atoms with Gasteiger partial charge in [0.1, 0.15) is 6.61 Å². The van der Waals surface area contributed by atoms with Crippen molar-refractivity contribution in [3.63, 3.8) is 0 Å². The minimum Gasteiger partial charge on any atom is -0.371 e. The van der Waals surface area contributed by atoms with Gasteiger partial charge >= 0.3 is 0 Å². The van der Waals surface area contributed by atoms with E-state index in [2.05, 4.69) is 26.0 Å². The summed E-state index contributed by atoms with van der Waals surface area (Å²) in [6.07, 6.45) is 0.577. The molecule has 1 rings (SSSR count). The molecule has 0 unspecified atom stereocenters. The van der Waals surface area contributed by atoms with Crippen LogP contribution in [0.25, 0.3) is 0 Å². The van der Waals surface area contributed by atoms with Crippen molar-refractivity contribution in [2.75, 3.05) is 6.61 Å². The summed E-state index contributed by atoms with van der Waals surface area (Å²) in [7, 11) is 0. The van der Waals surface area contributed by atoms with Crippen molar-refractivity contribution >= 4 is 5.78 Å². The zero-order valence-corrected chi connectivity index (χ0v) is 11.2. The molecule has 0 saturated heterocycles. The molecular weight excluding hydrogens is 212 g/mol. The van der Waals surface area contributed by atoms with Crippen molar-refractivity contribution in [2.24, 2.45) is 0 Å². The van der Waals surface area contributed by atoms with Crippen LogP contribution in [0.5, 0.6) is 0 Å². The van der Waals surface area contributed by atoms with E-state index in [1.54, 1.807) is 0 Å². The summed E-state index contributed by atoms with van der Waals surface area (Å²) in [5, 5.41) is 0. The molecule has 0 aliphatic heterocycles. The van der Waals surface area contributed by atoms with Crippen molar-refractivity contribution in [2.45, 2.75) is 46.1 Å². The number of ether oxygens (including phenoxy) is 1. The maximum Gasteiger partial charge on any atom is 0.162 e. The summed E-state index contributed by atoms with van der Waals surface area (Å²) in [6.45, 7) is 8.41. The molecule has 2 nitrogen and oxygen atoms in total. The Balaban J connectivity index is 2.48. The number of carbonyl (C=O) groups excluding carboxylic acids is 1. The number of benzene rings is 1. The quantitative estimate of drug-likeness (QED) is 0.754. The standard InChI is InChI=1S/C15H22O2/c1-11(2)14-7-5-13(6-8-14)9-15(16)10-17-12(3)4/h5-8,11-12H,9-10H2,1-4H3. The summed E-state index contributed by atoms with van der Waals surface area (Å²) in [5.41, 5.74) is 2.37. The van der Waals surface area contributed by atoms with Gasteiger partial charge in [0, 0.05) is 6.42 Å². The normalized spacial score (nSPS) is 11.2. The lowest BCUT2D eigenvalue weighted by molar-refractivity contribution is -0.124. The van der Waals surface area contributed by atoms with Gasteiger partial charge in [-0.3, -0.25) is 4.79 Å². The average molecular weight is 234 g/mol. The summed E-state index contributed by atoms with van der Waals surface area (Å²) in [4.78, 5) is 11.6. The fourth-order valence-electron chi connectivity index (χ4n) is 1.56. The van der Waals surface area contributed by atoms with Crippen molar-refractivity contribution in [1.82, 2.24) is 0 Å². The lowest BCUT2D eigenvalue weighted by atomic mass is 10.0. The van der Waals surface area contributed by atoms with Crippen LogP contribution in [0, 0.1) is 0 Å². The van der Waals surface area contributed by atoms with Crippen molar-refractivity contribution in [3.05, 3.63) is 35.4 Å². The number of rotatable bonds is 6. The monoisotopic (exact) mass is 234 g/mol. The van der Waals surface area contributed by atoms with Crippen molar-refractivity contribution < 1.29 is 9.53 Å². The van der Waals surface area contributed by atoms with E-state index in [4.69, 9.17) is 4.74 Å². The average Bonchev–Trinajstić information content (AvgIpc) is 2.27. The first kappa shape index (κ1) is 13.9. The van der Waals surface area contributed by atoms with Crippen LogP contribution in [0.4, 0.5) is 0 Å². The highest BCUT2D eigenvalue weighted by Crippen LogP contribution is 2.15. The van der Waals surface area contributed by atoms with Gasteiger partial charge in [0.15, 0.2) is 5.78 Å². The Labute approximate surface area is 104 Å². The molecule has 0 aromatic heterocycles. The molecule has 0 N–H and O–H groups in total. The van der Waals surface area contributed by atoms with Crippen LogP contribution in [-0.2, 0) is 16.0 Å². The lowest BCUT2D eigenvalue weighted by Crippen LogP contribution is -2.15. The lowest BCUT2D eigenvalue weighted by Gasteiger charge is -2.08. The molecule has 0 saturated carbocycles. The second-order valence-electron chi connectivity index (χ2n) is 4.97. The summed E-state index contributed by atoms with van der Waals surface area (Å²) in [6, 6.07) is 8.25. The molecule has 0 spiro atoms. The highest BCUT2D eigenvalue weighted by atomic mass is 16.5. The minimum absolute atomic E-state index is 0.113.